The lowest BCUT2D eigenvalue weighted by atomic mass is 10.1. The van der Waals surface area contributed by atoms with E-state index in [0.717, 1.165) is 22.8 Å². The molecule has 0 spiro atoms. The Bertz CT molecular complexity index is 649. The third-order valence-electron chi connectivity index (χ3n) is 2.53. The third kappa shape index (κ3) is 2.20. The number of aromatic hydroxyl groups is 2. The minimum absolute atomic E-state index is 0.0914. The first-order chi connectivity index (χ1) is 8.84. The lowest BCUT2D eigenvalue weighted by Crippen LogP contribution is -2.09. The molecule has 2 N–H and O–H groups in total. The minimum atomic E-state index is -4.69. The molecule has 0 atom stereocenters. The van der Waals surface area contributed by atoms with Crippen molar-refractivity contribution in [2.24, 2.45) is 0 Å². The fraction of sp³-hybridized carbons (Fsp3) is 0.0833. The molecule has 0 amide bonds. The number of halogens is 3. The smallest absolute Gasteiger partial charge is 0.417 e. The van der Waals surface area contributed by atoms with Crippen LogP contribution in [-0.4, -0.2) is 14.8 Å². The number of aromatic nitrogens is 1. The summed E-state index contributed by atoms with van der Waals surface area (Å²) in [5.41, 5.74) is -1.74. The molecule has 0 saturated heterocycles. The summed E-state index contributed by atoms with van der Waals surface area (Å²) in [4.78, 5) is 0. The van der Waals surface area contributed by atoms with Gasteiger partial charge in [-0.25, -0.2) is 0 Å². The van der Waals surface area contributed by atoms with Gasteiger partial charge in [0, 0.05) is 12.1 Å². The Morgan fingerprint density at radius 2 is 1.63 bits per heavy atom. The third-order valence-corrected chi connectivity index (χ3v) is 2.53. The standard InChI is InChI=1S/C12H7F3N2O2/c13-12(14,15)9-5-8(2-1-7(9)6-16)17-10(18)3-4-11(17)19/h1-5,18-19H. The highest BCUT2D eigenvalue weighted by Gasteiger charge is 2.34. The highest BCUT2D eigenvalue weighted by Crippen LogP contribution is 2.35. The number of nitrogens with zero attached hydrogens (tertiary/aromatic N) is 2. The summed E-state index contributed by atoms with van der Waals surface area (Å²) >= 11 is 0. The Kier molecular flexibility index (Phi) is 2.86. The number of hydrogen-bond acceptors (Lipinski definition) is 3. The van der Waals surface area contributed by atoms with Crippen molar-refractivity contribution in [2.45, 2.75) is 6.18 Å². The van der Waals surface area contributed by atoms with Crippen LogP contribution in [0.4, 0.5) is 13.2 Å². The van der Waals surface area contributed by atoms with Crippen LogP contribution in [0.2, 0.25) is 0 Å². The molecule has 1 heterocycles. The molecule has 19 heavy (non-hydrogen) atoms. The van der Waals surface area contributed by atoms with E-state index in [4.69, 9.17) is 5.26 Å². The summed E-state index contributed by atoms with van der Waals surface area (Å²) in [5, 5.41) is 27.6. The number of benzene rings is 1. The van der Waals surface area contributed by atoms with Crippen LogP contribution >= 0.6 is 0 Å². The Hall–Kier alpha value is -2.62. The van der Waals surface area contributed by atoms with E-state index in [1.165, 1.54) is 12.1 Å². The van der Waals surface area contributed by atoms with Crippen LogP contribution in [-0.2, 0) is 6.18 Å². The van der Waals surface area contributed by atoms with E-state index in [1.54, 1.807) is 0 Å². The van der Waals surface area contributed by atoms with E-state index in [-0.39, 0.29) is 5.69 Å². The van der Waals surface area contributed by atoms with E-state index in [0.29, 0.717) is 6.07 Å². The van der Waals surface area contributed by atoms with Crippen molar-refractivity contribution in [2.75, 3.05) is 0 Å². The summed E-state index contributed by atoms with van der Waals surface area (Å²) in [5.74, 6) is -0.814. The largest absolute Gasteiger partial charge is 0.494 e. The predicted octanol–water partition coefficient (Wildman–Crippen LogP) is 2.78. The maximum absolute atomic E-state index is 12.8. The summed E-state index contributed by atoms with van der Waals surface area (Å²) in [6.07, 6.45) is -4.69. The topological polar surface area (TPSA) is 69.2 Å². The first-order valence-corrected chi connectivity index (χ1v) is 5.06. The van der Waals surface area contributed by atoms with Crippen LogP contribution in [0.15, 0.2) is 30.3 Å². The van der Waals surface area contributed by atoms with Gasteiger partial charge in [-0.05, 0) is 18.2 Å². The SMILES string of the molecule is N#Cc1ccc(-n2c(O)ccc2O)cc1C(F)(F)F. The zero-order valence-electron chi connectivity index (χ0n) is 9.31. The first-order valence-electron chi connectivity index (χ1n) is 5.06. The van der Waals surface area contributed by atoms with Crippen LogP contribution in [0.5, 0.6) is 11.8 Å². The van der Waals surface area contributed by atoms with Crippen LogP contribution in [0.3, 0.4) is 0 Å². The maximum atomic E-state index is 12.8. The Morgan fingerprint density at radius 3 is 2.11 bits per heavy atom. The summed E-state index contributed by atoms with van der Waals surface area (Å²) < 4.78 is 39.1. The fourth-order valence-electron chi connectivity index (χ4n) is 1.68. The summed E-state index contributed by atoms with van der Waals surface area (Å²) in [6, 6.07) is 6.61. The normalized spacial score (nSPS) is 11.3. The summed E-state index contributed by atoms with van der Waals surface area (Å²) in [7, 11) is 0. The predicted molar refractivity (Wildman–Crippen MR) is 58.8 cm³/mol. The van der Waals surface area contributed by atoms with Crippen LogP contribution in [0.25, 0.3) is 5.69 Å². The van der Waals surface area contributed by atoms with E-state index in [2.05, 4.69) is 0 Å². The minimum Gasteiger partial charge on any atom is -0.494 e. The number of nitriles is 1. The van der Waals surface area contributed by atoms with Crippen LogP contribution in [0, 0.1) is 11.3 Å². The van der Waals surface area contributed by atoms with Crippen LogP contribution in [0.1, 0.15) is 11.1 Å². The van der Waals surface area contributed by atoms with Crippen molar-refractivity contribution < 1.29 is 23.4 Å². The van der Waals surface area contributed by atoms with Crippen molar-refractivity contribution in [3.63, 3.8) is 0 Å². The van der Waals surface area contributed by atoms with Gasteiger partial charge in [-0.3, -0.25) is 4.57 Å². The monoisotopic (exact) mass is 268 g/mol. The molecule has 2 rings (SSSR count). The zero-order chi connectivity index (χ0) is 14.2. The zero-order valence-corrected chi connectivity index (χ0v) is 9.31. The average molecular weight is 268 g/mol. The second kappa shape index (κ2) is 4.24. The molecular weight excluding hydrogens is 261 g/mol. The maximum Gasteiger partial charge on any atom is 0.417 e. The van der Waals surface area contributed by atoms with Gasteiger partial charge in [0.1, 0.15) is 0 Å². The molecule has 0 aliphatic carbocycles. The van der Waals surface area contributed by atoms with Gasteiger partial charge < -0.3 is 10.2 Å². The van der Waals surface area contributed by atoms with Gasteiger partial charge >= 0.3 is 6.18 Å². The number of alkyl halides is 3. The van der Waals surface area contributed by atoms with E-state index >= 15 is 0 Å². The molecule has 0 unspecified atom stereocenters. The molecule has 0 bridgehead atoms. The molecule has 0 fully saturated rings. The van der Waals surface area contributed by atoms with Gasteiger partial charge in [0.15, 0.2) is 11.8 Å². The molecule has 1 aromatic heterocycles. The van der Waals surface area contributed by atoms with Crippen molar-refractivity contribution in [1.29, 1.82) is 5.26 Å². The Labute approximate surface area is 105 Å². The molecule has 4 nitrogen and oxygen atoms in total. The molecule has 0 aliphatic heterocycles. The van der Waals surface area contributed by atoms with E-state index in [1.807, 2.05) is 0 Å². The lowest BCUT2D eigenvalue weighted by Gasteiger charge is -2.12. The first kappa shape index (κ1) is 12.8. The molecule has 1 aromatic carbocycles. The Balaban J connectivity index is 2.66. The molecule has 98 valence electrons. The second-order valence-corrected chi connectivity index (χ2v) is 3.72. The second-order valence-electron chi connectivity index (χ2n) is 3.72. The number of hydrogen-bond donors (Lipinski definition) is 2. The molecule has 2 aromatic rings. The van der Waals surface area contributed by atoms with Gasteiger partial charge in [0.2, 0.25) is 0 Å². The van der Waals surface area contributed by atoms with Crippen LogP contribution < -0.4 is 0 Å². The fourth-order valence-corrected chi connectivity index (χ4v) is 1.68. The van der Waals surface area contributed by atoms with Crippen molar-refractivity contribution >= 4 is 0 Å². The average Bonchev–Trinajstić information content (AvgIpc) is 2.67. The highest BCUT2D eigenvalue weighted by molar-refractivity contribution is 5.50. The van der Waals surface area contributed by atoms with Gasteiger partial charge in [0.05, 0.1) is 22.9 Å². The van der Waals surface area contributed by atoms with Crippen molar-refractivity contribution in [3.05, 3.63) is 41.5 Å². The molecular formula is C12H7F3N2O2. The van der Waals surface area contributed by atoms with Gasteiger partial charge in [-0.1, -0.05) is 0 Å². The van der Waals surface area contributed by atoms with Crippen molar-refractivity contribution in [3.8, 4) is 23.5 Å². The Morgan fingerprint density at radius 1 is 1.05 bits per heavy atom. The molecule has 7 heteroatoms. The number of rotatable bonds is 1. The molecule has 0 aliphatic rings. The molecule has 0 radical (unpaired) electrons. The van der Waals surface area contributed by atoms with Gasteiger partial charge in [-0.15, -0.1) is 0 Å². The quantitative estimate of drug-likeness (QED) is 0.835. The molecule has 0 saturated carbocycles. The van der Waals surface area contributed by atoms with E-state index in [9.17, 15) is 23.4 Å². The van der Waals surface area contributed by atoms with E-state index < -0.39 is 29.1 Å². The lowest BCUT2D eigenvalue weighted by molar-refractivity contribution is -0.137. The van der Waals surface area contributed by atoms with Crippen molar-refractivity contribution in [1.82, 2.24) is 4.57 Å². The van der Waals surface area contributed by atoms with Gasteiger partial charge in [0.25, 0.3) is 0 Å². The summed E-state index contributed by atoms with van der Waals surface area (Å²) in [6.45, 7) is 0. The van der Waals surface area contributed by atoms with Gasteiger partial charge in [-0.2, -0.15) is 18.4 Å². The highest BCUT2D eigenvalue weighted by atomic mass is 19.4.